The molecule has 0 spiro atoms. The van der Waals surface area contributed by atoms with E-state index in [1.54, 1.807) is 12.1 Å². The van der Waals surface area contributed by atoms with E-state index < -0.39 is 0 Å². The normalized spacial score (nSPS) is 11.3. The van der Waals surface area contributed by atoms with Crippen LogP contribution < -0.4 is 15.8 Å². The Bertz CT molecular complexity index is 391. The van der Waals surface area contributed by atoms with Gasteiger partial charge in [0.2, 0.25) is 5.91 Å². The molecule has 0 saturated heterocycles. The maximum absolute atomic E-state index is 12.9. The standard InChI is InChI=1S/C13H19FN2O2.ClH/c1-10(9-16-13(17)6-3-7-15)18-12-5-2-4-11(14)8-12;/h2,4-5,8,10H,3,6-7,9,15H2,1H3,(H,16,17);1H. The van der Waals surface area contributed by atoms with Gasteiger partial charge in [-0.15, -0.1) is 12.4 Å². The average Bonchev–Trinajstić information content (AvgIpc) is 2.34. The van der Waals surface area contributed by atoms with Gasteiger partial charge in [0, 0.05) is 12.5 Å². The van der Waals surface area contributed by atoms with E-state index in [9.17, 15) is 9.18 Å². The average molecular weight is 291 g/mol. The minimum atomic E-state index is -0.341. The first-order valence-electron chi connectivity index (χ1n) is 6.01. The molecule has 1 amide bonds. The molecule has 0 bridgehead atoms. The number of carbonyl (C=O) groups excluding carboxylic acids is 1. The third-order valence-corrected chi connectivity index (χ3v) is 2.33. The quantitative estimate of drug-likeness (QED) is 0.806. The van der Waals surface area contributed by atoms with E-state index >= 15 is 0 Å². The Balaban J connectivity index is 0.00000324. The number of amides is 1. The van der Waals surface area contributed by atoms with Crippen molar-refractivity contribution in [2.75, 3.05) is 13.1 Å². The zero-order valence-corrected chi connectivity index (χ0v) is 11.7. The summed E-state index contributed by atoms with van der Waals surface area (Å²) in [6, 6.07) is 5.92. The molecule has 0 fully saturated rings. The lowest BCUT2D eigenvalue weighted by Gasteiger charge is -2.15. The predicted molar refractivity (Wildman–Crippen MR) is 75.0 cm³/mol. The fourth-order valence-electron chi connectivity index (χ4n) is 1.42. The van der Waals surface area contributed by atoms with Crippen LogP contribution in [0.1, 0.15) is 19.8 Å². The van der Waals surface area contributed by atoms with Gasteiger partial charge in [0.15, 0.2) is 0 Å². The maximum Gasteiger partial charge on any atom is 0.220 e. The molecule has 0 aromatic heterocycles. The number of nitrogens with two attached hydrogens (primary N) is 1. The Morgan fingerprint density at radius 2 is 2.26 bits per heavy atom. The molecule has 4 nitrogen and oxygen atoms in total. The van der Waals surface area contributed by atoms with Crippen LogP contribution in [0.15, 0.2) is 24.3 Å². The first-order chi connectivity index (χ1) is 8.61. The van der Waals surface area contributed by atoms with Crippen LogP contribution in [0.4, 0.5) is 4.39 Å². The summed E-state index contributed by atoms with van der Waals surface area (Å²) in [7, 11) is 0. The third kappa shape index (κ3) is 7.64. The second kappa shape index (κ2) is 9.58. The molecule has 19 heavy (non-hydrogen) atoms. The lowest BCUT2D eigenvalue weighted by atomic mass is 10.3. The first-order valence-corrected chi connectivity index (χ1v) is 6.01. The summed E-state index contributed by atoms with van der Waals surface area (Å²) < 4.78 is 18.4. The van der Waals surface area contributed by atoms with Gasteiger partial charge < -0.3 is 15.8 Å². The topological polar surface area (TPSA) is 64.4 Å². The van der Waals surface area contributed by atoms with Gasteiger partial charge in [-0.1, -0.05) is 6.07 Å². The highest BCUT2D eigenvalue weighted by molar-refractivity contribution is 5.85. The molecule has 1 aromatic rings. The second-order valence-corrected chi connectivity index (χ2v) is 4.08. The van der Waals surface area contributed by atoms with Crippen molar-refractivity contribution in [3.63, 3.8) is 0 Å². The van der Waals surface area contributed by atoms with Crippen LogP contribution in [-0.4, -0.2) is 25.1 Å². The number of halogens is 2. The molecule has 0 radical (unpaired) electrons. The number of nitrogens with one attached hydrogen (secondary N) is 1. The van der Waals surface area contributed by atoms with Gasteiger partial charge in [-0.2, -0.15) is 0 Å². The van der Waals surface area contributed by atoms with Gasteiger partial charge in [0.05, 0.1) is 6.54 Å². The van der Waals surface area contributed by atoms with Crippen molar-refractivity contribution >= 4 is 18.3 Å². The van der Waals surface area contributed by atoms with Gasteiger partial charge in [0.25, 0.3) is 0 Å². The van der Waals surface area contributed by atoms with E-state index in [2.05, 4.69) is 5.32 Å². The minimum absolute atomic E-state index is 0. The largest absolute Gasteiger partial charge is 0.489 e. The Labute approximate surface area is 118 Å². The van der Waals surface area contributed by atoms with Crippen molar-refractivity contribution < 1.29 is 13.9 Å². The summed E-state index contributed by atoms with van der Waals surface area (Å²) in [6.45, 7) is 2.71. The van der Waals surface area contributed by atoms with Crippen molar-refractivity contribution in [2.24, 2.45) is 5.73 Å². The Morgan fingerprint density at radius 3 is 2.89 bits per heavy atom. The molecule has 1 rings (SSSR count). The Hall–Kier alpha value is -1.33. The maximum atomic E-state index is 12.9. The Kier molecular flexibility index (Phi) is 8.91. The highest BCUT2D eigenvalue weighted by atomic mass is 35.5. The molecule has 0 aliphatic carbocycles. The zero-order valence-electron chi connectivity index (χ0n) is 10.9. The molecular weight excluding hydrogens is 271 g/mol. The van der Waals surface area contributed by atoms with Crippen LogP contribution in [0.2, 0.25) is 0 Å². The molecule has 0 aliphatic heterocycles. The Morgan fingerprint density at radius 1 is 1.53 bits per heavy atom. The van der Waals surface area contributed by atoms with Gasteiger partial charge in [-0.25, -0.2) is 4.39 Å². The monoisotopic (exact) mass is 290 g/mol. The van der Waals surface area contributed by atoms with Crippen LogP contribution in [0.3, 0.4) is 0 Å². The summed E-state index contributed by atoms with van der Waals surface area (Å²) >= 11 is 0. The number of hydrogen-bond donors (Lipinski definition) is 2. The number of ether oxygens (including phenoxy) is 1. The van der Waals surface area contributed by atoms with Crippen molar-refractivity contribution in [3.8, 4) is 5.75 Å². The molecule has 108 valence electrons. The van der Waals surface area contributed by atoms with Crippen molar-refractivity contribution in [2.45, 2.75) is 25.9 Å². The summed E-state index contributed by atoms with van der Waals surface area (Å²) in [5.41, 5.74) is 5.31. The van der Waals surface area contributed by atoms with E-state index in [1.165, 1.54) is 12.1 Å². The highest BCUT2D eigenvalue weighted by Gasteiger charge is 2.07. The number of benzene rings is 1. The van der Waals surface area contributed by atoms with E-state index in [4.69, 9.17) is 10.5 Å². The molecule has 0 aliphatic rings. The highest BCUT2D eigenvalue weighted by Crippen LogP contribution is 2.13. The molecule has 6 heteroatoms. The first kappa shape index (κ1) is 17.7. The molecule has 1 atom stereocenters. The molecule has 1 aromatic carbocycles. The lowest BCUT2D eigenvalue weighted by Crippen LogP contribution is -2.33. The molecule has 1 unspecified atom stereocenters. The summed E-state index contributed by atoms with van der Waals surface area (Å²) in [4.78, 5) is 11.3. The second-order valence-electron chi connectivity index (χ2n) is 4.08. The zero-order chi connectivity index (χ0) is 13.4. The molecule has 0 heterocycles. The van der Waals surface area contributed by atoms with Crippen molar-refractivity contribution in [1.82, 2.24) is 5.32 Å². The fourth-order valence-corrected chi connectivity index (χ4v) is 1.42. The van der Waals surface area contributed by atoms with Crippen molar-refractivity contribution in [3.05, 3.63) is 30.1 Å². The SMILES string of the molecule is CC(CNC(=O)CCCN)Oc1cccc(F)c1.Cl. The smallest absolute Gasteiger partial charge is 0.220 e. The summed E-state index contributed by atoms with van der Waals surface area (Å²) in [5.74, 6) is 0.0699. The summed E-state index contributed by atoms with van der Waals surface area (Å²) in [6.07, 6.45) is 0.877. The van der Waals surface area contributed by atoms with Gasteiger partial charge in [-0.05, 0) is 32.0 Å². The molecule has 0 saturated carbocycles. The van der Waals surface area contributed by atoms with Gasteiger partial charge in [-0.3, -0.25) is 4.79 Å². The van der Waals surface area contributed by atoms with E-state index in [-0.39, 0.29) is 30.2 Å². The molecular formula is C13H20ClFN2O2. The number of carbonyl (C=O) groups is 1. The van der Waals surface area contributed by atoms with E-state index in [0.717, 1.165) is 0 Å². The fraction of sp³-hybridized carbons (Fsp3) is 0.462. The molecule has 3 N–H and O–H groups in total. The van der Waals surface area contributed by atoms with Crippen LogP contribution in [0.5, 0.6) is 5.75 Å². The number of rotatable bonds is 7. The third-order valence-electron chi connectivity index (χ3n) is 2.33. The number of hydrogen-bond acceptors (Lipinski definition) is 3. The van der Waals surface area contributed by atoms with Crippen LogP contribution in [0.25, 0.3) is 0 Å². The minimum Gasteiger partial charge on any atom is -0.489 e. The van der Waals surface area contributed by atoms with E-state index in [1.807, 2.05) is 6.92 Å². The summed E-state index contributed by atoms with van der Waals surface area (Å²) in [5, 5.41) is 2.74. The van der Waals surface area contributed by atoms with E-state index in [0.29, 0.717) is 31.7 Å². The van der Waals surface area contributed by atoms with Crippen LogP contribution >= 0.6 is 12.4 Å². The van der Waals surface area contributed by atoms with Crippen molar-refractivity contribution in [1.29, 1.82) is 0 Å². The van der Waals surface area contributed by atoms with Crippen LogP contribution in [0, 0.1) is 5.82 Å². The van der Waals surface area contributed by atoms with Crippen LogP contribution in [-0.2, 0) is 4.79 Å². The predicted octanol–water partition coefficient (Wildman–Crippen LogP) is 1.87. The van der Waals surface area contributed by atoms with Gasteiger partial charge >= 0.3 is 0 Å². The lowest BCUT2D eigenvalue weighted by molar-refractivity contribution is -0.121. The van der Waals surface area contributed by atoms with Gasteiger partial charge in [0.1, 0.15) is 17.7 Å².